The van der Waals surface area contributed by atoms with Crippen LogP contribution in [0.3, 0.4) is 0 Å². The summed E-state index contributed by atoms with van der Waals surface area (Å²) in [4.78, 5) is 32.9. The van der Waals surface area contributed by atoms with Crippen LogP contribution in [0.25, 0.3) is 0 Å². The van der Waals surface area contributed by atoms with Crippen molar-refractivity contribution in [2.45, 2.75) is 18.5 Å². The van der Waals surface area contributed by atoms with Crippen molar-refractivity contribution in [2.75, 3.05) is 32.8 Å². The zero-order valence-corrected chi connectivity index (χ0v) is 19.3. The number of thiophene rings is 1. The molecule has 0 spiro atoms. The predicted octanol–water partition coefficient (Wildman–Crippen LogP) is 3.51. The van der Waals surface area contributed by atoms with Crippen LogP contribution in [0.1, 0.15) is 16.7 Å². The normalized spacial score (nSPS) is 22.0. The monoisotopic (exact) mass is 460 g/mol. The number of hydrogen-bond donors (Lipinski definition) is 1. The number of carbonyl (C=O) groups excluding carboxylic acids is 2. The zero-order valence-electron chi connectivity index (χ0n) is 18.5. The second kappa shape index (κ2) is 9.47. The summed E-state index contributed by atoms with van der Waals surface area (Å²) in [7, 11) is 0. The largest absolute Gasteiger partial charge is 0.326 e. The molecular weight excluding hydrogens is 432 g/mol. The minimum Gasteiger partial charge on any atom is -0.319 e. The second-order valence-corrected chi connectivity index (χ2v) is 9.54. The first-order chi connectivity index (χ1) is 16.1. The third kappa shape index (κ3) is 4.57. The van der Waals surface area contributed by atoms with Crippen LogP contribution < -0.4 is 5.32 Å². The lowest BCUT2D eigenvalue weighted by molar-refractivity contribution is -0.133. The summed E-state index contributed by atoms with van der Waals surface area (Å²) in [5.74, 6) is -0.178. The van der Waals surface area contributed by atoms with E-state index >= 15 is 0 Å². The van der Waals surface area contributed by atoms with Gasteiger partial charge in [-0.3, -0.25) is 14.6 Å². The lowest BCUT2D eigenvalue weighted by Crippen LogP contribution is -2.51. The molecule has 2 saturated heterocycles. The Morgan fingerprint density at radius 3 is 2.15 bits per heavy atom. The van der Waals surface area contributed by atoms with Crippen LogP contribution in [0.4, 0.5) is 4.79 Å². The third-order valence-corrected chi connectivity index (χ3v) is 7.28. The molecule has 3 aromatic rings. The van der Waals surface area contributed by atoms with Gasteiger partial charge in [-0.25, -0.2) is 9.69 Å². The van der Waals surface area contributed by atoms with Crippen molar-refractivity contribution in [3.05, 3.63) is 94.2 Å². The fourth-order valence-electron chi connectivity index (χ4n) is 4.73. The zero-order chi connectivity index (χ0) is 22.7. The number of carbonyl (C=O) groups is 2. The molecule has 2 fully saturated rings. The lowest BCUT2D eigenvalue weighted by Gasteiger charge is -2.36. The third-order valence-electron chi connectivity index (χ3n) is 6.55. The number of piperazine rings is 1. The molecule has 7 heteroatoms. The summed E-state index contributed by atoms with van der Waals surface area (Å²) in [6.07, 6.45) is 0.424. The topological polar surface area (TPSA) is 55.9 Å². The van der Waals surface area contributed by atoms with Crippen molar-refractivity contribution >= 4 is 23.3 Å². The maximum Gasteiger partial charge on any atom is 0.326 e. The highest BCUT2D eigenvalue weighted by atomic mass is 32.1. The van der Waals surface area contributed by atoms with Crippen molar-refractivity contribution in [2.24, 2.45) is 0 Å². The summed E-state index contributed by atoms with van der Waals surface area (Å²) in [5, 5.41) is 7.36. The molecule has 1 N–H and O–H groups in total. The average molecular weight is 461 g/mol. The standard InChI is InChI=1S/C26H28N4O2S/c31-24-26(23-9-5-2-6-10-23,17-21-7-3-1-4-8-21)27-25(32)30(24)20-29-14-12-28(13-15-29)18-22-11-16-33-19-22/h1-11,16,19H,12-15,17-18,20H2,(H,27,32). The van der Waals surface area contributed by atoms with Crippen LogP contribution >= 0.6 is 11.3 Å². The fourth-order valence-corrected chi connectivity index (χ4v) is 5.39. The van der Waals surface area contributed by atoms with Crippen molar-refractivity contribution in [1.82, 2.24) is 20.0 Å². The maximum absolute atomic E-state index is 13.8. The van der Waals surface area contributed by atoms with Crippen LogP contribution in [0.2, 0.25) is 0 Å². The van der Waals surface area contributed by atoms with Gasteiger partial charge in [0.05, 0.1) is 6.67 Å². The number of nitrogens with zero attached hydrogens (tertiary/aromatic N) is 3. The Hall–Kier alpha value is -3.00. The molecule has 0 radical (unpaired) electrons. The number of nitrogens with one attached hydrogen (secondary N) is 1. The summed E-state index contributed by atoms with van der Waals surface area (Å²) >= 11 is 1.72. The molecule has 170 valence electrons. The molecule has 0 bridgehead atoms. The van der Waals surface area contributed by atoms with E-state index in [-0.39, 0.29) is 11.9 Å². The lowest BCUT2D eigenvalue weighted by atomic mass is 9.83. The summed E-state index contributed by atoms with van der Waals surface area (Å²) in [5.41, 5.74) is 2.09. The summed E-state index contributed by atoms with van der Waals surface area (Å²) in [6, 6.07) is 21.3. The van der Waals surface area contributed by atoms with E-state index in [1.54, 1.807) is 11.3 Å². The highest BCUT2D eigenvalue weighted by Gasteiger charge is 2.52. The minimum atomic E-state index is -1.08. The Balaban J connectivity index is 1.30. The van der Waals surface area contributed by atoms with Gasteiger partial charge in [0, 0.05) is 39.1 Å². The predicted molar refractivity (Wildman–Crippen MR) is 130 cm³/mol. The number of hydrogen-bond acceptors (Lipinski definition) is 5. The van der Waals surface area contributed by atoms with E-state index in [0.717, 1.165) is 43.9 Å². The molecular formula is C26H28N4O2S. The highest BCUT2D eigenvalue weighted by molar-refractivity contribution is 7.07. The van der Waals surface area contributed by atoms with Gasteiger partial charge >= 0.3 is 6.03 Å². The van der Waals surface area contributed by atoms with Gasteiger partial charge in [0.15, 0.2) is 5.54 Å². The summed E-state index contributed by atoms with van der Waals surface area (Å²) in [6.45, 7) is 4.78. The number of benzene rings is 2. The van der Waals surface area contributed by atoms with Crippen LogP contribution in [-0.2, 0) is 23.3 Å². The van der Waals surface area contributed by atoms with Gasteiger partial charge in [-0.2, -0.15) is 11.3 Å². The summed E-state index contributed by atoms with van der Waals surface area (Å²) < 4.78 is 0. The Morgan fingerprint density at radius 1 is 0.818 bits per heavy atom. The van der Waals surface area contributed by atoms with Gasteiger partial charge in [0.1, 0.15) is 0 Å². The molecule has 5 rings (SSSR count). The van der Waals surface area contributed by atoms with Gasteiger partial charge in [-0.1, -0.05) is 60.7 Å². The first-order valence-electron chi connectivity index (χ1n) is 11.3. The molecule has 1 unspecified atom stereocenters. The van der Waals surface area contributed by atoms with E-state index in [2.05, 4.69) is 31.9 Å². The molecule has 6 nitrogen and oxygen atoms in total. The van der Waals surface area contributed by atoms with Gasteiger partial charge < -0.3 is 5.32 Å². The van der Waals surface area contributed by atoms with Gasteiger partial charge in [0.2, 0.25) is 0 Å². The minimum absolute atomic E-state index is 0.178. The van der Waals surface area contributed by atoms with Crippen LogP contribution in [0.15, 0.2) is 77.5 Å². The first-order valence-corrected chi connectivity index (χ1v) is 12.3. The van der Waals surface area contributed by atoms with E-state index in [9.17, 15) is 9.59 Å². The molecule has 3 amide bonds. The first kappa shape index (κ1) is 21.8. The SMILES string of the molecule is O=C1NC(Cc2ccccc2)(c2ccccc2)C(=O)N1CN1CCN(Cc2ccsc2)CC1. The highest BCUT2D eigenvalue weighted by Crippen LogP contribution is 2.33. The molecule has 2 aliphatic heterocycles. The smallest absolute Gasteiger partial charge is 0.319 e. The number of imide groups is 1. The quantitative estimate of drug-likeness (QED) is 0.549. The molecule has 1 aromatic heterocycles. The Morgan fingerprint density at radius 2 is 1.48 bits per heavy atom. The average Bonchev–Trinajstić information content (AvgIpc) is 3.44. The van der Waals surface area contributed by atoms with Gasteiger partial charge in [0.25, 0.3) is 5.91 Å². The fraction of sp³-hybridized carbons (Fsp3) is 0.308. The van der Waals surface area contributed by atoms with E-state index in [0.29, 0.717) is 13.1 Å². The molecule has 33 heavy (non-hydrogen) atoms. The molecule has 0 aliphatic carbocycles. The number of amides is 3. The van der Waals surface area contributed by atoms with E-state index in [1.807, 2.05) is 60.7 Å². The molecule has 1 atom stereocenters. The molecule has 2 aliphatic rings. The van der Waals surface area contributed by atoms with Crippen LogP contribution in [0.5, 0.6) is 0 Å². The Kier molecular flexibility index (Phi) is 6.26. The van der Waals surface area contributed by atoms with E-state index < -0.39 is 5.54 Å². The van der Waals surface area contributed by atoms with E-state index in [1.165, 1.54) is 10.5 Å². The van der Waals surface area contributed by atoms with Crippen molar-refractivity contribution in [3.8, 4) is 0 Å². The van der Waals surface area contributed by atoms with Crippen molar-refractivity contribution < 1.29 is 9.59 Å². The van der Waals surface area contributed by atoms with Crippen LogP contribution in [-0.4, -0.2) is 59.5 Å². The number of rotatable bonds is 7. The van der Waals surface area contributed by atoms with Crippen molar-refractivity contribution in [3.63, 3.8) is 0 Å². The van der Waals surface area contributed by atoms with Crippen molar-refractivity contribution in [1.29, 1.82) is 0 Å². The Bertz CT molecular complexity index is 1080. The van der Waals surface area contributed by atoms with Crippen LogP contribution in [0, 0.1) is 0 Å². The van der Waals surface area contributed by atoms with E-state index in [4.69, 9.17) is 0 Å². The molecule has 2 aromatic carbocycles. The second-order valence-electron chi connectivity index (χ2n) is 8.76. The number of urea groups is 1. The maximum atomic E-state index is 13.8. The molecule has 3 heterocycles. The molecule has 0 saturated carbocycles. The van der Waals surface area contributed by atoms with Gasteiger partial charge in [-0.05, 0) is 33.5 Å². The van der Waals surface area contributed by atoms with Gasteiger partial charge in [-0.15, -0.1) is 0 Å². The Labute approximate surface area is 198 Å².